The fourth-order valence-corrected chi connectivity index (χ4v) is 1.53. The van der Waals surface area contributed by atoms with Crippen LogP contribution in [0.2, 0.25) is 0 Å². The molecule has 0 saturated heterocycles. The van der Waals surface area contributed by atoms with Gasteiger partial charge in [0.15, 0.2) is 11.6 Å². The number of aromatic nitrogens is 1. The maximum atomic E-state index is 13.0. The molecule has 1 aromatic carbocycles. The molecule has 3 N–H and O–H groups in total. The molecule has 6 heteroatoms. The maximum Gasteiger partial charge on any atom is 0.162 e. The average Bonchev–Trinajstić information content (AvgIpc) is 2.40. The van der Waals surface area contributed by atoms with E-state index in [9.17, 15) is 8.78 Å². The van der Waals surface area contributed by atoms with Crippen molar-refractivity contribution in [3.63, 3.8) is 0 Å². The number of ether oxygens (including phenoxy) is 1. The van der Waals surface area contributed by atoms with E-state index in [1.165, 1.54) is 12.3 Å². The lowest BCUT2D eigenvalue weighted by molar-refractivity contribution is 0.302. The number of halogens is 2. The van der Waals surface area contributed by atoms with E-state index in [2.05, 4.69) is 4.98 Å². The van der Waals surface area contributed by atoms with Crippen LogP contribution in [0.4, 0.5) is 8.78 Å². The van der Waals surface area contributed by atoms with Crippen LogP contribution < -0.4 is 10.5 Å². The van der Waals surface area contributed by atoms with Crippen LogP contribution in [0.15, 0.2) is 36.5 Å². The molecule has 2 rings (SSSR count). The first-order valence-corrected chi connectivity index (χ1v) is 5.44. The third-order valence-electron chi connectivity index (χ3n) is 2.43. The molecule has 0 radical (unpaired) electrons. The summed E-state index contributed by atoms with van der Waals surface area (Å²) in [7, 11) is 0. The lowest BCUT2D eigenvalue weighted by Crippen LogP contribution is -2.16. The van der Waals surface area contributed by atoms with Crippen LogP contribution in [-0.2, 0) is 6.61 Å². The summed E-state index contributed by atoms with van der Waals surface area (Å²) in [5.41, 5.74) is 6.29. The second-order valence-corrected chi connectivity index (χ2v) is 3.79. The number of hydrogen-bond donors (Lipinski definition) is 2. The van der Waals surface area contributed by atoms with Gasteiger partial charge in [-0.1, -0.05) is 6.07 Å². The molecule has 0 aliphatic rings. The number of hydrogen-bond acceptors (Lipinski definition) is 3. The highest BCUT2D eigenvalue weighted by Crippen LogP contribution is 2.17. The zero-order chi connectivity index (χ0) is 13.8. The zero-order valence-corrected chi connectivity index (χ0v) is 9.86. The van der Waals surface area contributed by atoms with Crippen LogP contribution in [0.1, 0.15) is 11.3 Å². The summed E-state index contributed by atoms with van der Waals surface area (Å²) in [5, 5.41) is 7.37. The van der Waals surface area contributed by atoms with Gasteiger partial charge in [-0.2, -0.15) is 0 Å². The number of benzene rings is 1. The minimum atomic E-state index is -0.976. The Morgan fingerprint density at radius 2 is 2.05 bits per heavy atom. The van der Waals surface area contributed by atoms with Gasteiger partial charge in [-0.25, -0.2) is 8.78 Å². The largest absolute Gasteiger partial charge is 0.489 e. The first kappa shape index (κ1) is 12.9. The minimum Gasteiger partial charge on any atom is -0.489 e. The number of nitrogens with one attached hydrogen (secondary N) is 1. The van der Waals surface area contributed by atoms with Crippen molar-refractivity contribution < 1.29 is 13.5 Å². The van der Waals surface area contributed by atoms with Gasteiger partial charge < -0.3 is 10.5 Å². The Morgan fingerprint density at radius 1 is 1.26 bits per heavy atom. The van der Waals surface area contributed by atoms with Crippen molar-refractivity contribution in [2.24, 2.45) is 5.73 Å². The van der Waals surface area contributed by atoms with E-state index in [1.807, 2.05) is 0 Å². The second kappa shape index (κ2) is 5.43. The van der Waals surface area contributed by atoms with Crippen molar-refractivity contribution in [1.29, 1.82) is 5.41 Å². The molecule has 0 aliphatic carbocycles. The van der Waals surface area contributed by atoms with Gasteiger partial charge in [-0.15, -0.1) is 0 Å². The summed E-state index contributed by atoms with van der Waals surface area (Å²) in [6.45, 7) is 0.0633. The Kier molecular flexibility index (Phi) is 3.70. The van der Waals surface area contributed by atoms with E-state index in [1.54, 1.807) is 12.1 Å². The Hall–Kier alpha value is -2.50. The number of nitrogens with zero attached hydrogens (tertiary/aromatic N) is 1. The number of amidine groups is 1. The highest BCUT2D eigenvalue weighted by molar-refractivity contribution is 5.94. The third kappa shape index (κ3) is 3.04. The maximum absolute atomic E-state index is 13.0. The molecule has 0 bridgehead atoms. The standard InChI is InChI=1S/C13H11F2N3O/c14-10-4-3-9(6-11(10)15)19-7-8-2-1-5-18-12(8)13(16)17/h1-6H,7H2,(H3,16,17). The van der Waals surface area contributed by atoms with Crippen LogP contribution in [0.5, 0.6) is 5.75 Å². The highest BCUT2D eigenvalue weighted by atomic mass is 19.2. The molecule has 0 unspecified atom stereocenters. The molecule has 0 amide bonds. The molecule has 0 aliphatic heterocycles. The van der Waals surface area contributed by atoms with Gasteiger partial charge in [0.2, 0.25) is 0 Å². The van der Waals surface area contributed by atoms with E-state index in [0.29, 0.717) is 11.3 Å². The predicted molar refractivity (Wildman–Crippen MR) is 65.9 cm³/mol. The van der Waals surface area contributed by atoms with E-state index in [0.717, 1.165) is 12.1 Å². The molecule has 0 fully saturated rings. The van der Waals surface area contributed by atoms with Crippen molar-refractivity contribution in [3.05, 3.63) is 59.4 Å². The number of nitrogens with two attached hydrogens (primary N) is 1. The summed E-state index contributed by atoms with van der Waals surface area (Å²) >= 11 is 0. The summed E-state index contributed by atoms with van der Waals surface area (Å²) in [6, 6.07) is 6.64. The van der Waals surface area contributed by atoms with Gasteiger partial charge in [0.25, 0.3) is 0 Å². The molecular formula is C13H11F2N3O. The van der Waals surface area contributed by atoms with Crippen molar-refractivity contribution in [3.8, 4) is 5.75 Å². The monoisotopic (exact) mass is 263 g/mol. The fraction of sp³-hybridized carbons (Fsp3) is 0.0769. The van der Waals surface area contributed by atoms with Crippen molar-refractivity contribution in [2.75, 3.05) is 0 Å². The van der Waals surface area contributed by atoms with Gasteiger partial charge in [0, 0.05) is 17.8 Å². The van der Waals surface area contributed by atoms with Crippen molar-refractivity contribution >= 4 is 5.84 Å². The van der Waals surface area contributed by atoms with E-state index >= 15 is 0 Å². The summed E-state index contributed by atoms with van der Waals surface area (Å²) < 4.78 is 31.1. The van der Waals surface area contributed by atoms with E-state index in [4.69, 9.17) is 15.9 Å². The van der Waals surface area contributed by atoms with Gasteiger partial charge >= 0.3 is 0 Å². The van der Waals surface area contributed by atoms with Gasteiger partial charge in [-0.05, 0) is 18.2 Å². The fourth-order valence-electron chi connectivity index (χ4n) is 1.53. The predicted octanol–water partition coefficient (Wildman–Crippen LogP) is 2.22. The van der Waals surface area contributed by atoms with Crippen molar-refractivity contribution in [1.82, 2.24) is 4.98 Å². The topological polar surface area (TPSA) is 72.0 Å². The molecule has 2 aromatic rings. The Labute approximate surface area is 108 Å². The van der Waals surface area contributed by atoms with Crippen LogP contribution in [0.25, 0.3) is 0 Å². The van der Waals surface area contributed by atoms with E-state index < -0.39 is 11.6 Å². The molecule has 1 aromatic heterocycles. The van der Waals surface area contributed by atoms with Crippen LogP contribution in [0, 0.1) is 17.0 Å². The average molecular weight is 263 g/mol. The number of pyridine rings is 1. The lowest BCUT2D eigenvalue weighted by Gasteiger charge is -2.09. The summed E-state index contributed by atoms with van der Waals surface area (Å²) in [4.78, 5) is 3.96. The molecular weight excluding hydrogens is 252 g/mol. The van der Waals surface area contributed by atoms with Gasteiger partial charge in [0.1, 0.15) is 23.9 Å². The Bertz CT molecular complexity index is 617. The Morgan fingerprint density at radius 3 is 2.74 bits per heavy atom. The Balaban J connectivity index is 2.14. The molecule has 0 spiro atoms. The van der Waals surface area contributed by atoms with Gasteiger partial charge in [0.05, 0.1) is 0 Å². The third-order valence-corrected chi connectivity index (χ3v) is 2.43. The normalized spacial score (nSPS) is 10.2. The molecule has 98 valence electrons. The van der Waals surface area contributed by atoms with E-state index in [-0.39, 0.29) is 18.2 Å². The van der Waals surface area contributed by atoms with Gasteiger partial charge in [-0.3, -0.25) is 10.4 Å². The second-order valence-electron chi connectivity index (χ2n) is 3.79. The minimum absolute atomic E-state index is 0.0633. The summed E-state index contributed by atoms with van der Waals surface area (Å²) in [6.07, 6.45) is 1.51. The van der Waals surface area contributed by atoms with Crippen LogP contribution in [0.3, 0.4) is 0 Å². The number of rotatable bonds is 4. The smallest absolute Gasteiger partial charge is 0.162 e. The molecule has 0 saturated carbocycles. The molecule has 0 atom stereocenters. The highest BCUT2D eigenvalue weighted by Gasteiger charge is 2.08. The van der Waals surface area contributed by atoms with Crippen molar-refractivity contribution in [2.45, 2.75) is 6.61 Å². The number of nitrogen functional groups attached to an aromatic ring is 1. The molecule has 4 nitrogen and oxygen atoms in total. The van der Waals surface area contributed by atoms with Crippen LogP contribution in [-0.4, -0.2) is 10.8 Å². The summed E-state index contributed by atoms with van der Waals surface area (Å²) in [5.74, 6) is -1.89. The molecule has 19 heavy (non-hydrogen) atoms. The first-order chi connectivity index (χ1) is 9.08. The lowest BCUT2D eigenvalue weighted by atomic mass is 10.2. The SMILES string of the molecule is N=C(N)c1ncccc1COc1ccc(F)c(F)c1. The van der Waals surface area contributed by atoms with Crippen LogP contribution >= 0.6 is 0 Å². The zero-order valence-electron chi connectivity index (χ0n) is 9.86. The quantitative estimate of drug-likeness (QED) is 0.656. The molecule has 1 heterocycles. The first-order valence-electron chi connectivity index (χ1n) is 5.44.